The number of hydrogen-bond donors (Lipinski definition) is 0. The van der Waals surface area contributed by atoms with Gasteiger partial charge in [0.2, 0.25) is 5.91 Å². The fourth-order valence-corrected chi connectivity index (χ4v) is 8.58. The van der Waals surface area contributed by atoms with Crippen LogP contribution in [0.15, 0.2) is 55.3 Å². The van der Waals surface area contributed by atoms with Crippen molar-refractivity contribution in [3.63, 3.8) is 0 Å². The van der Waals surface area contributed by atoms with E-state index in [1.54, 1.807) is 18.3 Å². The van der Waals surface area contributed by atoms with E-state index in [4.69, 9.17) is 26.1 Å². The second kappa shape index (κ2) is 11.4. The Bertz CT molecular complexity index is 1920. The summed E-state index contributed by atoms with van der Waals surface area (Å²) in [7, 11) is 0. The number of nitrogens with zero attached hydrogens (tertiary/aromatic N) is 6. The van der Waals surface area contributed by atoms with Gasteiger partial charge in [-0.15, -0.1) is 0 Å². The lowest BCUT2D eigenvalue weighted by Crippen LogP contribution is -2.75. The SMILES string of the molecule is C=CC(=O)N1C(C)CN(c2nc(OC[C@@]34CCCN3C[C@H](F)C4)nc3c(F)c(-c4cccc5cccc(Cl)c45)ncc23)CC12COC2. The van der Waals surface area contributed by atoms with Gasteiger partial charge >= 0.3 is 6.01 Å². The summed E-state index contributed by atoms with van der Waals surface area (Å²) in [4.78, 5) is 33.1. The van der Waals surface area contributed by atoms with Crippen LogP contribution in [0, 0.1) is 5.82 Å². The van der Waals surface area contributed by atoms with Crippen molar-refractivity contribution in [1.29, 1.82) is 0 Å². The van der Waals surface area contributed by atoms with Crippen molar-refractivity contribution in [2.75, 3.05) is 50.9 Å². The largest absolute Gasteiger partial charge is 0.461 e. The molecule has 12 heteroatoms. The van der Waals surface area contributed by atoms with Crippen LogP contribution in [0.2, 0.25) is 5.02 Å². The molecule has 1 amide bonds. The minimum absolute atomic E-state index is 0.0131. The number of halogens is 3. The first-order valence-corrected chi connectivity index (χ1v) is 16.4. The van der Waals surface area contributed by atoms with Crippen LogP contribution in [0.3, 0.4) is 0 Å². The van der Waals surface area contributed by atoms with Crippen molar-refractivity contribution < 1.29 is 23.0 Å². The maximum atomic E-state index is 16.9. The first-order chi connectivity index (χ1) is 22.7. The minimum Gasteiger partial charge on any atom is -0.461 e. The first kappa shape index (κ1) is 30.4. The van der Waals surface area contributed by atoms with Gasteiger partial charge in [0.05, 0.1) is 24.1 Å². The highest BCUT2D eigenvalue weighted by atomic mass is 35.5. The van der Waals surface area contributed by atoms with Gasteiger partial charge in [-0.05, 0) is 43.8 Å². The van der Waals surface area contributed by atoms with E-state index in [-0.39, 0.29) is 35.8 Å². The molecule has 3 atom stereocenters. The molecule has 0 bridgehead atoms. The summed E-state index contributed by atoms with van der Waals surface area (Å²) in [5, 5.41) is 2.46. The molecule has 0 aliphatic carbocycles. The minimum atomic E-state index is -0.914. The summed E-state index contributed by atoms with van der Waals surface area (Å²) >= 11 is 6.62. The molecule has 2 aromatic carbocycles. The number of alkyl halides is 1. The van der Waals surface area contributed by atoms with E-state index < -0.39 is 23.1 Å². The maximum absolute atomic E-state index is 16.9. The molecule has 4 aliphatic rings. The molecule has 4 saturated heterocycles. The number of benzene rings is 2. The number of rotatable bonds is 6. The van der Waals surface area contributed by atoms with Crippen molar-refractivity contribution in [2.24, 2.45) is 0 Å². The molecule has 0 radical (unpaired) electrons. The molecule has 8 rings (SSSR count). The molecule has 6 heterocycles. The third-order valence-corrected chi connectivity index (χ3v) is 10.7. The van der Waals surface area contributed by atoms with Crippen molar-refractivity contribution in [1.82, 2.24) is 24.8 Å². The Kier molecular flexibility index (Phi) is 7.34. The molecule has 0 saturated carbocycles. The number of anilines is 1. The second-order valence-electron chi connectivity index (χ2n) is 13.4. The van der Waals surface area contributed by atoms with Crippen molar-refractivity contribution >= 4 is 45.0 Å². The van der Waals surface area contributed by atoms with E-state index in [1.807, 2.05) is 41.0 Å². The number of fused-ring (bicyclic) bond motifs is 3. The average molecular weight is 661 g/mol. The molecule has 1 unspecified atom stereocenters. The second-order valence-corrected chi connectivity index (χ2v) is 13.8. The molecule has 4 aromatic rings. The van der Waals surface area contributed by atoms with Crippen molar-refractivity contribution in [3.05, 3.63) is 66.1 Å². The topological polar surface area (TPSA) is 83.9 Å². The zero-order chi connectivity index (χ0) is 32.5. The Labute approximate surface area is 276 Å². The maximum Gasteiger partial charge on any atom is 0.319 e. The predicted octanol–water partition coefficient (Wildman–Crippen LogP) is 5.58. The monoisotopic (exact) mass is 660 g/mol. The van der Waals surface area contributed by atoms with E-state index in [9.17, 15) is 9.18 Å². The van der Waals surface area contributed by atoms with Crippen LogP contribution in [0.5, 0.6) is 6.01 Å². The highest BCUT2D eigenvalue weighted by Crippen LogP contribution is 2.42. The third-order valence-electron chi connectivity index (χ3n) is 10.4. The number of ether oxygens (including phenoxy) is 2. The quantitative estimate of drug-likeness (QED) is 0.248. The number of aromatic nitrogens is 3. The standard InChI is InChI=1S/C35H35ClF2N6O3/c1-3-27(45)44-21(2)15-42(17-35(44)18-46-19-35)32-25-14-39-30(24-9-4-7-22-8-5-10-26(36)28(22)24)29(38)31(25)40-33(41-32)47-20-34-11-6-12-43(34)16-23(37)13-34/h3-5,7-10,14,21,23H,1,6,11-13,15-20H2,2H3/t21?,23-,34+/m1/s1. The molecule has 9 nitrogen and oxygen atoms in total. The molecule has 244 valence electrons. The molecule has 47 heavy (non-hydrogen) atoms. The fourth-order valence-electron chi connectivity index (χ4n) is 8.30. The lowest BCUT2D eigenvalue weighted by Gasteiger charge is -2.57. The van der Waals surface area contributed by atoms with Gasteiger partial charge in [-0.1, -0.05) is 48.5 Å². The summed E-state index contributed by atoms with van der Waals surface area (Å²) in [6.45, 7) is 8.64. The predicted molar refractivity (Wildman–Crippen MR) is 176 cm³/mol. The Balaban J connectivity index is 1.25. The van der Waals surface area contributed by atoms with Crippen molar-refractivity contribution in [2.45, 2.75) is 49.5 Å². The van der Waals surface area contributed by atoms with Crippen LogP contribution in [0.1, 0.15) is 26.2 Å². The summed E-state index contributed by atoms with van der Waals surface area (Å²) in [5.41, 5.74) is -0.298. The Morgan fingerprint density at radius 3 is 2.79 bits per heavy atom. The summed E-state index contributed by atoms with van der Waals surface area (Å²) in [6, 6.07) is 10.9. The normalized spacial score (nSPS) is 25.4. The summed E-state index contributed by atoms with van der Waals surface area (Å²) in [5.74, 6) is -0.325. The van der Waals surface area contributed by atoms with Gasteiger partial charge in [-0.3, -0.25) is 14.7 Å². The number of hydrogen-bond acceptors (Lipinski definition) is 8. The van der Waals surface area contributed by atoms with E-state index in [1.165, 1.54) is 6.08 Å². The van der Waals surface area contributed by atoms with Gasteiger partial charge in [0.1, 0.15) is 35.3 Å². The lowest BCUT2D eigenvalue weighted by atomic mass is 9.88. The molecular formula is C35H35ClF2N6O3. The molecule has 4 fully saturated rings. The van der Waals surface area contributed by atoms with Gasteiger partial charge in [-0.2, -0.15) is 9.97 Å². The van der Waals surface area contributed by atoms with Gasteiger partial charge in [0.15, 0.2) is 5.82 Å². The summed E-state index contributed by atoms with van der Waals surface area (Å²) in [6.07, 6.45) is 4.18. The highest BCUT2D eigenvalue weighted by molar-refractivity contribution is 6.36. The van der Waals surface area contributed by atoms with Crippen LogP contribution in [0.25, 0.3) is 32.9 Å². The summed E-state index contributed by atoms with van der Waals surface area (Å²) < 4.78 is 43.3. The lowest BCUT2D eigenvalue weighted by molar-refractivity contribution is -0.172. The molecular weight excluding hydrogens is 626 g/mol. The van der Waals surface area contributed by atoms with Crippen molar-refractivity contribution in [3.8, 4) is 17.3 Å². The smallest absolute Gasteiger partial charge is 0.319 e. The number of carbonyl (C=O) groups excluding carboxylic acids is 1. The van der Waals surface area contributed by atoms with Crippen LogP contribution in [0.4, 0.5) is 14.6 Å². The molecule has 0 N–H and O–H groups in total. The molecule has 4 aliphatic heterocycles. The van der Waals surface area contributed by atoms with Crippen LogP contribution in [-0.4, -0.2) is 99.9 Å². The van der Waals surface area contributed by atoms with Crippen LogP contribution < -0.4 is 9.64 Å². The average Bonchev–Trinajstić information content (AvgIpc) is 3.58. The van der Waals surface area contributed by atoms with E-state index in [0.717, 1.165) is 24.8 Å². The zero-order valence-corrected chi connectivity index (χ0v) is 26.8. The molecule has 1 spiro atoms. The highest BCUT2D eigenvalue weighted by Gasteiger charge is 2.53. The van der Waals surface area contributed by atoms with E-state index in [0.29, 0.717) is 66.4 Å². The fraction of sp³-hybridized carbons (Fsp3) is 0.429. The first-order valence-electron chi connectivity index (χ1n) is 16.1. The Morgan fingerprint density at radius 1 is 1.21 bits per heavy atom. The Morgan fingerprint density at radius 2 is 2.02 bits per heavy atom. The third kappa shape index (κ3) is 4.85. The number of piperazine rings is 1. The van der Waals surface area contributed by atoms with Gasteiger partial charge < -0.3 is 19.3 Å². The van der Waals surface area contributed by atoms with Gasteiger partial charge in [0.25, 0.3) is 0 Å². The Hall–Kier alpha value is -3.93. The van der Waals surface area contributed by atoms with E-state index >= 15 is 4.39 Å². The van der Waals surface area contributed by atoms with Crippen LogP contribution in [-0.2, 0) is 9.53 Å². The van der Waals surface area contributed by atoms with Gasteiger partial charge in [-0.25, -0.2) is 8.78 Å². The zero-order valence-electron chi connectivity index (χ0n) is 26.1. The van der Waals surface area contributed by atoms with Crippen LogP contribution >= 0.6 is 11.6 Å². The van der Waals surface area contributed by atoms with E-state index in [2.05, 4.69) is 21.4 Å². The molecule has 2 aromatic heterocycles. The number of amides is 1. The van der Waals surface area contributed by atoms with Gasteiger partial charge in [0, 0.05) is 54.3 Å². The number of carbonyl (C=O) groups is 1. The number of pyridine rings is 1.